The molecule has 1 aliphatic heterocycles. The van der Waals surface area contributed by atoms with Crippen LogP contribution in [0, 0.1) is 0 Å². The highest BCUT2D eigenvalue weighted by Crippen LogP contribution is 2.23. The summed E-state index contributed by atoms with van der Waals surface area (Å²) in [5, 5.41) is 19.6. The quantitative estimate of drug-likeness (QED) is 0.607. The number of nitrogens with zero attached hydrogens (tertiary/aromatic N) is 1. The minimum atomic E-state index is -0.832. The van der Waals surface area contributed by atoms with Gasteiger partial charge in [-0.2, -0.15) is 0 Å². The van der Waals surface area contributed by atoms with Crippen molar-refractivity contribution in [3.63, 3.8) is 0 Å². The molecular weight excluding hydrogens is 186 g/mol. The molecule has 5 atom stereocenters. The minimum absolute atomic E-state index is 0.337. The molecule has 0 aromatic rings. The zero-order valence-corrected chi connectivity index (χ0v) is 9.04. The van der Waals surface area contributed by atoms with Gasteiger partial charge in [-0.25, -0.2) is 0 Å². The van der Waals surface area contributed by atoms with Crippen LogP contribution in [0.3, 0.4) is 0 Å². The number of methoxy groups -OCH3 is 1. The molecule has 0 bridgehead atoms. The maximum Gasteiger partial charge on any atom is 0.185 e. The number of aliphatic hydroxyl groups is 2. The highest BCUT2D eigenvalue weighted by Gasteiger charge is 2.43. The Labute approximate surface area is 84.2 Å². The molecule has 5 nitrogen and oxygen atoms in total. The smallest absolute Gasteiger partial charge is 0.185 e. The first-order valence-corrected chi connectivity index (χ1v) is 4.70. The molecule has 14 heavy (non-hydrogen) atoms. The van der Waals surface area contributed by atoms with Gasteiger partial charge in [-0.3, -0.25) is 0 Å². The van der Waals surface area contributed by atoms with E-state index in [1.165, 1.54) is 7.11 Å². The van der Waals surface area contributed by atoms with E-state index in [4.69, 9.17) is 9.47 Å². The second-order valence-electron chi connectivity index (χ2n) is 3.88. The lowest BCUT2D eigenvalue weighted by atomic mass is 9.96. The van der Waals surface area contributed by atoms with E-state index in [1.54, 1.807) is 11.8 Å². The number of aliphatic hydroxyl groups excluding tert-OH is 2. The molecule has 0 saturated carbocycles. The molecule has 5 unspecified atom stereocenters. The van der Waals surface area contributed by atoms with Crippen molar-refractivity contribution in [2.75, 3.05) is 21.2 Å². The van der Waals surface area contributed by atoms with Crippen LogP contribution in [0.1, 0.15) is 6.92 Å². The maximum absolute atomic E-state index is 9.84. The van der Waals surface area contributed by atoms with Gasteiger partial charge in [0.25, 0.3) is 0 Å². The summed E-state index contributed by atoms with van der Waals surface area (Å²) in [6.45, 7) is 1.76. The van der Waals surface area contributed by atoms with Crippen molar-refractivity contribution in [1.29, 1.82) is 0 Å². The Bertz CT molecular complexity index is 188. The van der Waals surface area contributed by atoms with Crippen LogP contribution in [0.5, 0.6) is 0 Å². The van der Waals surface area contributed by atoms with Crippen LogP contribution in [0.25, 0.3) is 0 Å². The first kappa shape index (κ1) is 11.9. The van der Waals surface area contributed by atoms with E-state index in [0.29, 0.717) is 0 Å². The Hall–Kier alpha value is -0.200. The lowest BCUT2D eigenvalue weighted by Crippen LogP contribution is -2.62. The Morgan fingerprint density at radius 2 is 1.79 bits per heavy atom. The monoisotopic (exact) mass is 205 g/mol. The SMILES string of the molecule is COC1OC(C)C(O)C(N(C)C)C1O. The number of hydrogen-bond acceptors (Lipinski definition) is 5. The van der Waals surface area contributed by atoms with Crippen molar-refractivity contribution in [3.05, 3.63) is 0 Å². The zero-order valence-electron chi connectivity index (χ0n) is 9.04. The zero-order chi connectivity index (χ0) is 10.9. The highest BCUT2D eigenvalue weighted by atomic mass is 16.7. The molecule has 1 rings (SSSR count). The molecule has 1 aliphatic rings. The third-order valence-electron chi connectivity index (χ3n) is 2.64. The summed E-state index contributed by atoms with van der Waals surface area (Å²) in [4.78, 5) is 1.78. The minimum Gasteiger partial charge on any atom is -0.389 e. The van der Waals surface area contributed by atoms with E-state index in [2.05, 4.69) is 0 Å². The fourth-order valence-electron chi connectivity index (χ4n) is 1.82. The van der Waals surface area contributed by atoms with Gasteiger partial charge in [0.15, 0.2) is 6.29 Å². The summed E-state index contributed by atoms with van der Waals surface area (Å²) in [6.07, 6.45) is -2.54. The second kappa shape index (κ2) is 4.55. The molecule has 2 N–H and O–H groups in total. The van der Waals surface area contributed by atoms with Crippen LogP contribution >= 0.6 is 0 Å². The molecule has 0 spiro atoms. The van der Waals surface area contributed by atoms with Crippen LogP contribution in [0.15, 0.2) is 0 Å². The molecule has 1 fully saturated rings. The largest absolute Gasteiger partial charge is 0.389 e. The Morgan fingerprint density at radius 1 is 1.21 bits per heavy atom. The molecule has 1 saturated heterocycles. The van der Waals surface area contributed by atoms with Gasteiger partial charge >= 0.3 is 0 Å². The lowest BCUT2D eigenvalue weighted by Gasteiger charge is -2.43. The summed E-state index contributed by atoms with van der Waals surface area (Å²) in [7, 11) is 5.09. The average molecular weight is 205 g/mol. The van der Waals surface area contributed by atoms with Gasteiger partial charge in [0, 0.05) is 7.11 Å². The van der Waals surface area contributed by atoms with Gasteiger partial charge in [-0.05, 0) is 21.0 Å². The van der Waals surface area contributed by atoms with Crippen molar-refractivity contribution >= 4 is 0 Å². The molecule has 1 heterocycles. The number of likely N-dealkylation sites (N-methyl/N-ethyl adjacent to an activating group) is 1. The van der Waals surface area contributed by atoms with E-state index < -0.39 is 18.5 Å². The second-order valence-corrected chi connectivity index (χ2v) is 3.88. The van der Waals surface area contributed by atoms with E-state index >= 15 is 0 Å². The molecule has 84 valence electrons. The number of rotatable bonds is 2. The van der Waals surface area contributed by atoms with Crippen LogP contribution < -0.4 is 0 Å². The van der Waals surface area contributed by atoms with Crippen molar-refractivity contribution in [1.82, 2.24) is 4.90 Å². The number of ether oxygens (including phenoxy) is 2. The molecule has 0 amide bonds. The van der Waals surface area contributed by atoms with Crippen LogP contribution in [-0.2, 0) is 9.47 Å². The van der Waals surface area contributed by atoms with Gasteiger partial charge < -0.3 is 24.6 Å². The van der Waals surface area contributed by atoms with Gasteiger partial charge in [0.2, 0.25) is 0 Å². The Kier molecular flexibility index (Phi) is 3.86. The Balaban J connectivity index is 2.78. The van der Waals surface area contributed by atoms with Gasteiger partial charge in [-0.15, -0.1) is 0 Å². The van der Waals surface area contributed by atoms with Gasteiger partial charge in [0.05, 0.1) is 18.2 Å². The molecule has 5 heteroatoms. The summed E-state index contributed by atoms with van der Waals surface area (Å²) < 4.78 is 10.3. The summed E-state index contributed by atoms with van der Waals surface area (Å²) in [5.41, 5.74) is 0. The summed E-state index contributed by atoms with van der Waals surface area (Å²) >= 11 is 0. The fraction of sp³-hybridized carbons (Fsp3) is 1.00. The molecule has 0 aliphatic carbocycles. The van der Waals surface area contributed by atoms with Crippen LogP contribution in [0.4, 0.5) is 0 Å². The highest BCUT2D eigenvalue weighted by molar-refractivity contribution is 4.92. The van der Waals surface area contributed by atoms with E-state index in [0.717, 1.165) is 0 Å². The average Bonchev–Trinajstić information content (AvgIpc) is 2.11. The van der Waals surface area contributed by atoms with E-state index in [1.807, 2.05) is 14.1 Å². The topological polar surface area (TPSA) is 62.2 Å². The van der Waals surface area contributed by atoms with E-state index in [-0.39, 0.29) is 12.1 Å². The van der Waals surface area contributed by atoms with E-state index in [9.17, 15) is 10.2 Å². The van der Waals surface area contributed by atoms with Crippen molar-refractivity contribution in [2.24, 2.45) is 0 Å². The predicted octanol–water partition coefficient (Wildman–Crippen LogP) is -0.970. The third-order valence-corrected chi connectivity index (χ3v) is 2.64. The first-order chi connectivity index (χ1) is 6.49. The molecule has 0 aromatic heterocycles. The van der Waals surface area contributed by atoms with Crippen molar-refractivity contribution in [2.45, 2.75) is 37.6 Å². The van der Waals surface area contributed by atoms with Crippen LogP contribution in [-0.4, -0.2) is 67.0 Å². The van der Waals surface area contributed by atoms with Crippen molar-refractivity contribution in [3.8, 4) is 0 Å². The standard InChI is InChI=1S/C9H19NO4/c1-5-7(11)6(10(2)3)8(12)9(13-4)14-5/h5-9,11-12H,1-4H3. The predicted molar refractivity (Wildman–Crippen MR) is 50.8 cm³/mol. The van der Waals surface area contributed by atoms with Gasteiger partial charge in [0.1, 0.15) is 6.10 Å². The Morgan fingerprint density at radius 3 is 2.21 bits per heavy atom. The lowest BCUT2D eigenvalue weighted by molar-refractivity contribution is -0.272. The fourth-order valence-corrected chi connectivity index (χ4v) is 1.82. The van der Waals surface area contributed by atoms with Crippen molar-refractivity contribution < 1.29 is 19.7 Å². The summed E-state index contributed by atoms with van der Waals surface area (Å²) in [5.74, 6) is 0. The summed E-state index contributed by atoms with van der Waals surface area (Å²) in [6, 6.07) is -0.358. The number of hydrogen-bond donors (Lipinski definition) is 2. The maximum atomic E-state index is 9.84. The molecular formula is C9H19NO4. The normalized spacial score (nSPS) is 44.4. The molecule has 0 radical (unpaired) electrons. The molecule has 0 aromatic carbocycles. The van der Waals surface area contributed by atoms with Crippen LogP contribution in [0.2, 0.25) is 0 Å². The third kappa shape index (κ3) is 2.07. The van der Waals surface area contributed by atoms with Gasteiger partial charge in [-0.1, -0.05) is 0 Å². The first-order valence-electron chi connectivity index (χ1n) is 4.70.